The molecule has 4 aromatic rings. The molecule has 4 rings (SSSR count). The lowest BCUT2D eigenvalue weighted by atomic mass is 10.0. The number of nitrogens with one attached hydrogen (secondary N) is 2. The zero-order chi connectivity index (χ0) is 26.7. The van der Waals surface area contributed by atoms with Crippen molar-refractivity contribution in [1.82, 2.24) is 19.7 Å². The molecule has 0 saturated heterocycles. The Morgan fingerprint density at radius 1 is 1.03 bits per heavy atom. The molecule has 37 heavy (non-hydrogen) atoms. The van der Waals surface area contributed by atoms with Gasteiger partial charge in [0.2, 0.25) is 15.9 Å². The monoisotopic (exact) mass is 523 g/mol. The fourth-order valence-corrected chi connectivity index (χ4v) is 5.10. The van der Waals surface area contributed by atoms with E-state index in [9.17, 15) is 18.3 Å². The normalized spacial score (nSPS) is 11.5. The van der Waals surface area contributed by atoms with Crippen molar-refractivity contribution >= 4 is 38.3 Å². The van der Waals surface area contributed by atoms with Gasteiger partial charge in [0.05, 0.1) is 36.6 Å². The molecule has 3 N–H and O–H groups in total. The number of ether oxygens (including phenoxy) is 2. The average Bonchev–Trinajstić information content (AvgIpc) is 2.87. The molecule has 0 unspecified atom stereocenters. The van der Waals surface area contributed by atoms with Crippen LogP contribution in [-0.2, 0) is 10.0 Å². The maximum Gasteiger partial charge on any atom is 0.335 e. The minimum Gasteiger partial charge on any atom is -0.480 e. The van der Waals surface area contributed by atoms with Crippen molar-refractivity contribution in [2.24, 2.45) is 0 Å². The summed E-state index contributed by atoms with van der Waals surface area (Å²) in [5.74, 6) is -0.798. The van der Waals surface area contributed by atoms with E-state index in [0.717, 1.165) is 0 Å². The second-order valence-corrected chi connectivity index (χ2v) is 9.98. The summed E-state index contributed by atoms with van der Waals surface area (Å²) < 4.78 is 39.4. The number of rotatable bonds is 9. The summed E-state index contributed by atoms with van der Waals surface area (Å²) in [5, 5.41) is 13.0. The molecule has 0 aliphatic rings. The van der Waals surface area contributed by atoms with Gasteiger partial charge in [-0.15, -0.1) is 0 Å². The predicted molar refractivity (Wildman–Crippen MR) is 138 cm³/mol. The molecular weight excluding hydrogens is 498 g/mol. The summed E-state index contributed by atoms with van der Waals surface area (Å²) in [5.41, 5.74) is 2.48. The third-order valence-electron chi connectivity index (χ3n) is 5.31. The number of carbonyl (C=O) groups is 1. The second-order valence-electron chi connectivity index (χ2n) is 8.30. The Balaban J connectivity index is 1.90. The molecule has 11 nitrogen and oxygen atoms in total. The number of pyridine rings is 1. The number of carboxylic acids is 1. The number of hydrogen-bond acceptors (Lipinski definition) is 9. The molecular formula is C25H25N5O6S. The van der Waals surface area contributed by atoms with Gasteiger partial charge in [0.15, 0.2) is 0 Å². The van der Waals surface area contributed by atoms with Crippen LogP contribution in [-0.4, -0.2) is 54.7 Å². The SMILES string of the molecule is COc1ncc(-c2ccc3c(Nc4cccc(C(=O)O)c4)c(S(=O)(=O)NC(C)C)cnc3c2)c(OC)n1. The Hall–Kier alpha value is -4.29. The molecule has 2 aromatic heterocycles. The topological polar surface area (TPSA) is 153 Å². The zero-order valence-corrected chi connectivity index (χ0v) is 21.3. The summed E-state index contributed by atoms with van der Waals surface area (Å²) in [6, 6.07) is 11.1. The van der Waals surface area contributed by atoms with E-state index in [4.69, 9.17) is 9.47 Å². The van der Waals surface area contributed by atoms with Crippen LogP contribution in [0.15, 0.2) is 59.8 Å². The highest BCUT2D eigenvalue weighted by molar-refractivity contribution is 7.89. The average molecular weight is 524 g/mol. The van der Waals surface area contributed by atoms with Gasteiger partial charge in [0.1, 0.15) is 4.90 Å². The highest BCUT2D eigenvalue weighted by Gasteiger charge is 2.23. The number of carboxylic acid groups (broad SMARTS) is 1. The van der Waals surface area contributed by atoms with Crippen LogP contribution in [0.4, 0.5) is 11.4 Å². The molecule has 0 bridgehead atoms. The molecule has 0 fully saturated rings. The Morgan fingerprint density at radius 3 is 2.49 bits per heavy atom. The molecule has 12 heteroatoms. The predicted octanol–water partition coefficient (Wildman–Crippen LogP) is 3.84. The molecule has 0 aliphatic heterocycles. The summed E-state index contributed by atoms with van der Waals surface area (Å²) >= 11 is 0. The van der Waals surface area contributed by atoms with Crippen LogP contribution in [0.2, 0.25) is 0 Å². The molecule has 0 spiro atoms. The first-order chi connectivity index (χ1) is 17.6. The largest absolute Gasteiger partial charge is 0.480 e. The number of sulfonamides is 1. The first kappa shape index (κ1) is 25.8. The molecule has 0 amide bonds. The number of methoxy groups -OCH3 is 2. The number of anilines is 2. The fraction of sp³-hybridized carbons (Fsp3) is 0.200. The van der Waals surface area contributed by atoms with E-state index >= 15 is 0 Å². The van der Waals surface area contributed by atoms with Gasteiger partial charge >= 0.3 is 12.0 Å². The van der Waals surface area contributed by atoms with Gasteiger partial charge in [-0.05, 0) is 43.7 Å². The lowest BCUT2D eigenvalue weighted by molar-refractivity contribution is 0.0697. The minimum atomic E-state index is -3.95. The van der Waals surface area contributed by atoms with Crippen molar-refractivity contribution in [2.45, 2.75) is 24.8 Å². The number of aromatic carboxylic acids is 1. The minimum absolute atomic E-state index is 0.0574. The molecule has 2 heterocycles. The first-order valence-corrected chi connectivity index (χ1v) is 12.6. The van der Waals surface area contributed by atoms with Crippen LogP contribution in [0.1, 0.15) is 24.2 Å². The maximum absolute atomic E-state index is 13.2. The fourth-order valence-electron chi connectivity index (χ4n) is 3.73. The van der Waals surface area contributed by atoms with E-state index in [0.29, 0.717) is 33.6 Å². The first-order valence-electron chi connectivity index (χ1n) is 11.1. The van der Waals surface area contributed by atoms with Crippen molar-refractivity contribution in [1.29, 1.82) is 0 Å². The molecule has 0 saturated carbocycles. The summed E-state index contributed by atoms with van der Waals surface area (Å²) in [6.45, 7) is 3.43. The Labute approximate surface area is 213 Å². The van der Waals surface area contributed by atoms with Crippen LogP contribution in [0, 0.1) is 0 Å². The van der Waals surface area contributed by atoms with Gasteiger partial charge in [-0.25, -0.2) is 22.9 Å². The summed E-state index contributed by atoms with van der Waals surface area (Å²) in [6.07, 6.45) is 2.83. The lowest BCUT2D eigenvalue weighted by Crippen LogP contribution is -2.30. The number of hydrogen-bond donors (Lipinski definition) is 3. The van der Waals surface area contributed by atoms with Crippen molar-refractivity contribution in [2.75, 3.05) is 19.5 Å². The van der Waals surface area contributed by atoms with Crippen LogP contribution in [0.5, 0.6) is 11.9 Å². The number of aromatic nitrogens is 3. The van der Waals surface area contributed by atoms with Gasteiger partial charge in [-0.3, -0.25) is 4.98 Å². The van der Waals surface area contributed by atoms with Gasteiger partial charge in [-0.1, -0.05) is 18.2 Å². The highest BCUT2D eigenvalue weighted by Crippen LogP contribution is 2.36. The standard InChI is InChI=1S/C25H25N5O6S/c1-14(2)30-37(33,34)21-13-26-20-11-15(19-12-27-25(36-4)29-23(19)35-3)8-9-18(20)22(21)28-17-7-5-6-16(10-17)24(31)32/h5-14,30H,1-4H3,(H,26,28)(H,31,32). The Morgan fingerprint density at radius 2 is 1.81 bits per heavy atom. The van der Waals surface area contributed by atoms with Gasteiger partial charge in [0, 0.05) is 29.5 Å². The van der Waals surface area contributed by atoms with Crippen LogP contribution in [0.3, 0.4) is 0 Å². The van der Waals surface area contributed by atoms with E-state index in [1.165, 1.54) is 32.5 Å². The maximum atomic E-state index is 13.2. The third-order valence-corrected chi connectivity index (χ3v) is 6.98. The highest BCUT2D eigenvalue weighted by atomic mass is 32.2. The summed E-state index contributed by atoms with van der Waals surface area (Å²) in [7, 11) is -1.02. The van der Waals surface area contributed by atoms with E-state index < -0.39 is 16.0 Å². The van der Waals surface area contributed by atoms with Crippen molar-refractivity contribution in [3.63, 3.8) is 0 Å². The van der Waals surface area contributed by atoms with Crippen molar-refractivity contribution < 1.29 is 27.8 Å². The lowest BCUT2D eigenvalue weighted by Gasteiger charge is -2.17. The van der Waals surface area contributed by atoms with Crippen molar-refractivity contribution in [3.8, 4) is 23.0 Å². The zero-order valence-electron chi connectivity index (χ0n) is 20.5. The van der Waals surface area contributed by atoms with Crippen LogP contribution in [0.25, 0.3) is 22.0 Å². The molecule has 0 radical (unpaired) electrons. The van der Waals surface area contributed by atoms with Crippen LogP contribution < -0.4 is 19.5 Å². The van der Waals surface area contributed by atoms with Gasteiger partial charge in [-0.2, -0.15) is 4.98 Å². The number of benzene rings is 2. The van der Waals surface area contributed by atoms with E-state index in [2.05, 4.69) is 25.0 Å². The molecule has 192 valence electrons. The smallest absolute Gasteiger partial charge is 0.335 e. The molecule has 2 aromatic carbocycles. The number of nitrogens with zero attached hydrogens (tertiary/aromatic N) is 3. The summed E-state index contributed by atoms with van der Waals surface area (Å²) in [4.78, 5) is 24.2. The van der Waals surface area contributed by atoms with Gasteiger partial charge in [0.25, 0.3) is 0 Å². The van der Waals surface area contributed by atoms with Crippen LogP contribution >= 0.6 is 0 Å². The van der Waals surface area contributed by atoms with E-state index in [1.807, 2.05) is 0 Å². The van der Waals surface area contributed by atoms with E-state index in [-0.39, 0.29) is 28.2 Å². The molecule has 0 aliphatic carbocycles. The Bertz CT molecular complexity index is 1590. The Kier molecular flexibility index (Phi) is 7.23. The van der Waals surface area contributed by atoms with Crippen molar-refractivity contribution in [3.05, 3.63) is 60.4 Å². The second kappa shape index (κ2) is 10.4. The molecule has 0 atom stereocenters. The van der Waals surface area contributed by atoms with Gasteiger partial charge < -0.3 is 19.9 Å². The quantitative estimate of drug-likeness (QED) is 0.295. The number of fused-ring (bicyclic) bond motifs is 1. The van der Waals surface area contributed by atoms with E-state index in [1.54, 1.807) is 50.4 Å². The third kappa shape index (κ3) is 5.44.